The number of rotatable bonds is 2. The van der Waals surface area contributed by atoms with Gasteiger partial charge in [-0.15, -0.1) is 0 Å². The molecule has 2 aromatic rings. The molecule has 0 aromatic heterocycles. The van der Waals surface area contributed by atoms with Crippen LogP contribution >= 0.6 is 11.6 Å². The summed E-state index contributed by atoms with van der Waals surface area (Å²) in [6.07, 6.45) is 2.62. The fraction of sp³-hybridized carbons (Fsp3) is 0.318. The highest BCUT2D eigenvalue weighted by Crippen LogP contribution is 2.46. The molecule has 0 amide bonds. The van der Waals surface area contributed by atoms with Crippen molar-refractivity contribution in [2.75, 3.05) is 0 Å². The summed E-state index contributed by atoms with van der Waals surface area (Å²) in [4.78, 5) is 12.9. The van der Waals surface area contributed by atoms with Crippen LogP contribution in [0.15, 0.2) is 42.2 Å². The lowest BCUT2D eigenvalue weighted by Gasteiger charge is -2.23. The number of allylic oxidation sites excluding steroid dienone is 2. The third-order valence-corrected chi connectivity index (χ3v) is 5.93. The third kappa shape index (κ3) is 2.69. The fourth-order valence-corrected chi connectivity index (χ4v) is 4.51. The van der Waals surface area contributed by atoms with Gasteiger partial charge in [-0.05, 0) is 79.1 Å². The maximum atomic E-state index is 12.9. The Balaban J connectivity index is 1.86. The number of aliphatic hydroxyl groups is 1. The van der Waals surface area contributed by atoms with Gasteiger partial charge in [0, 0.05) is 16.9 Å². The zero-order valence-corrected chi connectivity index (χ0v) is 15.2. The number of aryl methyl sites for hydroxylation is 2. The zero-order chi connectivity index (χ0) is 17.7. The van der Waals surface area contributed by atoms with Gasteiger partial charge in [0.25, 0.3) is 0 Å². The van der Waals surface area contributed by atoms with Gasteiger partial charge in [0.15, 0.2) is 5.78 Å². The lowest BCUT2D eigenvalue weighted by molar-refractivity contribution is -0.117. The van der Waals surface area contributed by atoms with Crippen LogP contribution in [0.25, 0.3) is 16.7 Å². The molecule has 0 aliphatic heterocycles. The second-order valence-electron chi connectivity index (χ2n) is 7.32. The van der Waals surface area contributed by atoms with Gasteiger partial charge in [0.1, 0.15) is 5.76 Å². The van der Waals surface area contributed by atoms with E-state index in [-0.39, 0.29) is 17.6 Å². The maximum absolute atomic E-state index is 12.9. The first-order valence-electron chi connectivity index (χ1n) is 8.80. The molecule has 1 N–H and O–H groups in total. The number of carbonyl (C=O) groups is 1. The van der Waals surface area contributed by atoms with Crippen molar-refractivity contribution in [2.45, 2.75) is 33.1 Å². The van der Waals surface area contributed by atoms with Crippen molar-refractivity contribution in [3.05, 3.63) is 63.9 Å². The molecule has 3 heteroatoms. The number of hydrogen-bond donors (Lipinski definition) is 1. The van der Waals surface area contributed by atoms with E-state index >= 15 is 0 Å². The van der Waals surface area contributed by atoms with E-state index < -0.39 is 0 Å². The van der Waals surface area contributed by atoms with Gasteiger partial charge in [0.2, 0.25) is 0 Å². The summed E-state index contributed by atoms with van der Waals surface area (Å²) in [5, 5.41) is 11.4. The van der Waals surface area contributed by atoms with E-state index in [4.69, 9.17) is 11.6 Å². The molecule has 4 rings (SSSR count). The van der Waals surface area contributed by atoms with E-state index in [2.05, 4.69) is 6.07 Å². The van der Waals surface area contributed by atoms with Crippen molar-refractivity contribution in [1.29, 1.82) is 0 Å². The van der Waals surface area contributed by atoms with Crippen molar-refractivity contribution in [3.63, 3.8) is 0 Å². The number of aliphatic hydroxyl groups excluding tert-OH is 1. The van der Waals surface area contributed by atoms with Crippen LogP contribution in [-0.4, -0.2) is 10.9 Å². The summed E-state index contributed by atoms with van der Waals surface area (Å²) in [6.45, 7) is 4.03. The predicted octanol–water partition coefficient (Wildman–Crippen LogP) is 5.89. The molecule has 0 radical (unpaired) electrons. The molecule has 2 aliphatic rings. The smallest absolute Gasteiger partial charge is 0.169 e. The summed E-state index contributed by atoms with van der Waals surface area (Å²) in [7, 11) is 0. The lowest BCUT2D eigenvalue weighted by Crippen LogP contribution is -2.21. The van der Waals surface area contributed by atoms with Crippen LogP contribution < -0.4 is 0 Å². The summed E-state index contributed by atoms with van der Waals surface area (Å²) < 4.78 is 0. The first-order chi connectivity index (χ1) is 12.0. The van der Waals surface area contributed by atoms with Crippen molar-refractivity contribution in [1.82, 2.24) is 0 Å². The van der Waals surface area contributed by atoms with Gasteiger partial charge in [-0.1, -0.05) is 29.8 Å². The Morgan fingerprint density at radius 3 is 2.48 bits per heavy atom. The van der Waals surface area contributed by atoms with Crippen molar-refractivity contribution < 1.29 is 9.90 Å². The van der Waals surface area contributed by atoms with Gasteiger partial charge >= 0.3 is 0 Å². The molecular weight excluding hydrogens is 332 g/mol. The quantitative estimate of drug-likeness (QED) is 0.731. The Morgan fingerprint density at radius 2 is 1.72 bits per heavy atom. The Hall–Kier alpha value is -2.06. The van der Waals surface area contributed by atoms with Crippen LogP contribution in [-0.2, 0) is 4.79 Å². The Kier molecular flexibility index (Phi) is 3.96. The minimum Gasteiger partial charge on any atom is -0.511 e. The molecule has 2 aromatic carbocycles. The van der Waals surface area contributed by atoms with Crippen molar-refractivity contribution in [3.8, 4) is 11.1 Å². The van der Waals surface area contributed by atoms with Crippen LogP contribution in [0.3, 0.4) is 0 Å². The largest absolute Gasteiger partial charge is 0.511 e. The molecule has 2 bridgehead atoms. The van der Waals surface area contributed by atoms with Crippen LogP contribution in [0.1, 0.15) is 36.0 Å². The number of halogens is 1. The highest BCUT2D eigenvalue weighted by atomic mass is 35.5. The second-order valence-corrected chi connectivity index (χ2v) is 7.76. The number of carbonyl (C=O) groups excluding carboxylic acids is 1. The highest BCUT2D eigenvalue weighted by molar-refractivity contribution is 6.30. The molecule has 0 heterocycles. The molecule has 1 fully saturated rings. The molecular formula is C22H21ClO2. The molecule has 2 nitrogen and oxygen atoms in total. The normalized spacial score (nSPS) is 22.6. The molecule has 128 valence electrons. The van der Waals surface area contributed by atoms with E-state index in [1.807, 2.05) is 44.2 Å². The number of Topliss-reactive ketones (excluding diaryl/α,β-unsaturated/α-hetero) is 1. The molecule has 0 spiro atoms. The highest BCUT2D eigenvalue weighted by Gasteiger charge is 2.41. The van der Waals surface area contributed by atoms with Crippen LogP contribution in [0.5, 0.6) is 0 Å². The minimum absolute atomic E-state index is 0.0798. The first kappa shape index (κ1) is 16.4. The SMILES string of the molecule is Cc1ccc(-c2ccc(Cl)cc2C)cc1C1=C(O)[C@H]2CC[C@H](C2)C1=O. The van der Waals surface area contributed by atoms with E-state index in [0.717, 1.165) is 47.1 Å². The van der Waals surface area contributed by atoms with Gasteiger partial charge in [-0.2, -0.15) is 0 Å². The van der Waals surface area contributed by atoms with E-state index in [1.54, 1.807) is 0 Å². The van der Waals surface area contributed by atoms with Crippen LogP contribution in [0, 0.1) is 25.7 Å². The van der Waals surface area contributed by atoms with Crippen LogP contribution in [0.2, 0.25) is 5.02 Å². The number of ketones is 1. The fourth-order valence-electron chi connectivity index (χ4n) is 4.28. The molecule has 0 saturated heterocycles. The molecule has 2 atom stereocenters. The average Bonchev–Trinajstić information content (AvgIpc) is 3.02. The van der Waals surface area contributed by atoms with Gasteiger partial charge in [0.05, 0.1) is 5.57 Å². The number of hydrogen-bond acceptors (Lipinski definition) is 2. The lowest BCUT2D eigenvalue weighted by atomic mass is 9.81. The summed E-state index contributed by atoms with van der Waals surface area (Å²) in [5.41, 5.74) is 5.66. The van der Waals surface area contributed by atoms with E-state index in [9.17, 15) is 9.90 Å². The molecule has 2 aliphatic carbocycles. The van der Waals surface area contributed by atoms with Gasteiger partial charge in [-0.3, -0.25) is 4.79 Å². The standard InChI is InChI=1S/C22H21ClO2/c1-12-3-4-14(18-8-7-17(23)9-13(18)2)11-19(12)20-21(24)15-5-6-16(10-15)22(20)25/h3-4,7-9,11,15-16,24H,5-6,10H2,1-2H3/t15-,16+/m0/s1. The summed E-state index contributed by atoms with van der Waals surface area (Å²) >= 11 is 6.07. The Labute approximate surface area is 153 Å². The molecule has 0 unspecified atom stereocenters. The zero-order valence-electron chi connectivity index (χ0n) is 14.5. The average molecular weight is 353 g/mol. The molecule has 25 heavy (non-hydrogen) atoms. The summed E-state index contributed by atoms with van der Waals surface area (Å²) in [5.74, 6) is 0.639. The third-order valence-electron chi connectivity index (χ3n) is 5.70. The predicted molar refractivity (Wildman–Crippen MR) is 102 cm³/mol. The maximum Gasteiger partial charge on any atom is 0.169 e. The first-order valence-corrected chi connectivity index (χ1v) is 9.18. The number of fused-ring (bicyclic) bond motifs is 2. The van der Waals surface area contributed by atoms with E-state index in [0.29, 0.717) is 16.4 Å². The number of benzene rings is 2. The monoisotopic (exact) mass is 352 g/mol. The minimum atomic E-state index is 0.0798. The van der Waals surface area contributed by atoms with Gasteiger partial charge < -0.3 is 5.11 Å². The van der Waals surface area contributed by atoms with E-state index in [1.165, 1.54) is 0 Å². The van der Waals surface area contributed by atoms with Gasteiger partial charge in [-0.25, -0.2) is 0 Å². The molecule has 1 saturated carbocycles. The van der Waals surface area contributed by atoms with Crippen LogP contribution in [0.4, 0.5) is 0 Å². The summed E-state index contributed by atoms with van der Waals surface area (Å²) in [6, 6.07) is 12.0. The van der Waals surface area contributed by atoms with Crippen molar-refractivity contribution >= 4 is 23.0 Å². The Morgan fingerprint density at radius 1 is 0.960 bits per heavy atom. The second kappa shape index (κ2) is 6.03. The van der Waals surface area contributed by atoms with Crippen molar-refractivity contribution in [2.24, 2.45) is 11.8 Å². The topological polar surface area (TPSA) is 37.3 Å². The Bertz CT molecular complexity index is 910.